The molecule has 0 saturated carbocycles. The van der Waals surface area contributed by atoms with E-state index in [1.54, 1.807) is 0 Å². The van der Waals surface area contributed by atoms with E-state index in [9.17, 15) is 13.6 Å². The van der Waals surface area contributed by atoms with Gasteiger partial charge in [0.25, 0.3) is 0 Å². The van der Waals surface area contributed by atoms with E-state index < -0.39 is 25.2 Å². The molecule has 1 unspecified atom stereocenters. The van der Waals surface area contributed by atoms with Crippen molar-refractivity contribution in [1.29, 1.82) is 0 Å². The summed E-state index contributed by atoms with van der Waals surface area (Å²) in [6.07, 6.45) is 2.13. The Labute approximate surface area is 56.9 Å². The van der Waals surface area contributed by atoms with Gasteiger partial charge in [-0.2, -0.15) is 0 Å². The molecule has 2 radical (unpaired) electrons. The lowest BCUT2D eigenvalue weighted by molar-refractivity contribution is -0.117. The molecule has 0 N–H and O–H groups in total. The molecule has 1 aliphatic rings. The van der Waals surface area contributed by atoms with Crippen molar-refractivity contribution in [3.8, 4) is 0 Å². The van der Waals surface area contributed by atoms with Gasteiger partial charge in [0.15, 0.2) is 5.78 Å². The Bertz CT molecular complexity index is 179. The van der Waals surface area contributed by atoms with Gasteiger partial charge < -0.3 is 0 Å². The quantitative estimate of drug-likeness (QED) is 0.544. The van der Waals surface area contributed by atoms with Crippen molar-refractivity contribution in [2.24, 2.45) is 0 Å². The molecule has 0 bridgehead atoms. The maximum atomic E-state index is 11.8. The minimum atomic E-state index is -1.02. The summed E-state index contributed by atoms with van der Waals surface area (Å²) in [4.78, 5) is 10.7. The predicted molar refractivity (Wildman–Crippen MR) is 29.6 cm³/mol. The summed E-state index contributed by atoms with van der Waals surface area (Å²) in [5.41, 5.74) is -0.150. The number of halogens is 2. The summed E-state index contributed by atoms with van der Waals surface area (Å²) in [6.45, 7) is -1.77. The van der Waals surface area contributed by atoms with Crippen LogP contribution in [0.5, 0.6) is 0 Å². The van der Waals surface area contributed by atoms with Crippen LogP contribution in [0.2, 0.25) is 0 Å². The number of carbonyl (C=O) groups is 1. The van der Waals surface area contributed by atoms with E-state index in [4.69, 9.17) is 0 Å². The van der Waals surface area contributed by atoms with Gasteiger partial charge in [0.1, 0.15) is 19.4 Å². The third-order valence-electron chi connectivity index (χ3n) is 1.24. The van der Waals surface area contributed by atoms with Crippen LogP contribution in [0.4, 0.5) is 8.78 Å². The highest BCUT2D eigenvalue weighted by Crippen LogP contribution is 2.09. The molecule has 0 amide bonds. The highest BCUT2D eigenvalue weighted by molar-refractivity contribution is 6.01. The van der Waals surface area contributed by atoms with Crippen LogP contribution >= 0.6 is 0 Å². The fourth-order valence-corrected chi connectivity index (χ4v) is 0.671. The highest BCUT2D eigenvalue weighted by Gasteiger charge is 2.28. The van der Waals surface area contributed by atoms with Crippen LogP contribution in [0.1, 0.15) is 0 Å². The molecule has 1 heterocycles. The van der Waals surface area contributed by atoms with Gasteiger partial charge in [0.05, 0.1) is 11.8 Å². The number of ketones is 1. The van der Waals surface area contributed by atoms with Gasteiger partial charge in [-0.3, -0.25) is 10.1 Å². The molecule has 1 aliphatic heterocycles. The molecule has 1 atom stereocenters. The first-order valence-electron chi connectivity index (χ1n) is 2.77. The Morgan fingerprint density at radius 3 is 2.60 bits per heavy atom. The van der Waals surface area contributed by atoms with Crippen molar-refractivity contribution in [2.75, 3.05) is 13.3 Å². The van der Waals surface area contributed by atoms with E-state index in [0.29, 0.717) is 0 Å². The highest BCUT2D eigenvalue weighted by atomic mass is 19.1. The number of hydrogen-bond donors (Lipinski definition) is 0. The summed E-state index contributed by atoms with van der Waals surface area (Å²) < 4.78 is 23.5. The van der Waals surface area contributed by atoms with E-state index in [-0.39, 0.29) is 5.57 Å². The molecule has 0 aromatic rings. The Balaban J connectivity index is 2.60. The molecule has 10 heavy (non-hydrogen) atoms. The van der Waals surface area contributed by atoms with Crippen LogP contribution in [-0.2, 0) is 4.79 Å². The molecule has 1 rings (SSSR count). The molecule has 54 valence electrons. The molecule has 0 aliphatic carbocycles. The van der Waals surface area contributed by atoms with Gasteiger partial charge in [-0.15, -0.1) is 0 Å². The lowest BCUT2D eigenvalue weighted by Gasteiger charge is -1.98. The van der Waals surface area contributed by atoms with Gasteiger partial charge in [0.2, 0.25) is 0 Å². The molecule has 0 fully saturated rings. The zero-order valence-electron chi connectivity index (χ0n) is 5.10. The standard InChI is InChI=1S/C6H5F2NO/c7-1-4-3-9-5(2-8)6(4)10/h5H,1-2H2. The first-order chi connectivity index (χ1) is 4.79. The van der Waals surface area contributed by atoms with Crippen LogP contribution in [0.15, 0.2) is 5.57 Å². The Morgan fingerprint density at radius 1 is 1.60 bits per heavy atom. The largest absolute Gasteiger partial charge is 0.292 e. The summed E-state index contributed by atoms with van der Waals surface area (Å²) in [6, 6.07) is -1.02. The molecular weight excluding hydrogens is 140 g/mol. The second kappa shape index (κ2) is 2.77. The first-order valence-corrected chi connectivity index (χ1v) is 2.77. The monoisotopic (exact) mass is 145 g/mol. The van der Waals surface area contributed by atoms with Crippen LogP contribution in [0.25, 0.3) is 0 Å². The Kier molecular flexibility index (Phi) is 1.99. The third kappa shape index (κ3) is 1.01. The molecule has 0 spiro atoms. The average Bonchev–Trinajstić information content (AvgIpc) is 2.30. The van der Waals surface area contributed by atoms with Gasteiger partial charge in [-0.1, -0.05) is 0 Å². The molecule has 0 saturated heterocycles. The molecular formula is C6H5F2NO. The molecule has 2 nitrogen and oxygen atoms in total. The maximum absolute atomic E-state index is 11.8. The fourth-order valence-electron chi connectivity index (χ4n) is 0.671. The fraction of sp³-hybridized carbons (Fsp3) is 0.500. The number of carbonyl (C=O) groups excluding carboxylic acids is 1. The second-order valence-electron chi connectivity index (χ2n) is 1.89. The van der Waals surface area contributed by atoms with E-state index in [2.05, 4.69) is 11.5 Å². The van der Waals surface area contributed by atoms with E-state index in [1.165, 1.54) is 0 Å². The van der Waals surface area contributed by atoms with Gasteiger partial charge >= 0.3 is 0 Å². The smallest absolute Gasteiger partial charge is 0.190 e. The summed E-state index contributed by atoms with van der Waals surface area (Å²) in [5.74, 6) is -0.579. The van der Waals surface area contributed by atoms with Crippen molar-refractivity contribution < 1.29 is 13.6 Å². The maximum Gasteiger partial charge on any atom is 0.190 e. The predicted octanol–water partition coefficient (Wildman–Crippen LogP) is 0.168. The van der Waals surface area contributed by atoms with E-state index in [1.807, 2.05) is 0 Å². The zero-order valence-corrected chi connectivity index (χ0v) is 5.10. The lowest BCUT2D eigenvalue weighted by atomic mass is 10.1. The lowest BCUT2D eigenvalue weighted by Crippen LogP contribution is -2.25. The van der Waals surface area contributed by atoms with Crippen molar-refractivity contribution in [1.82, 2.24) is 5.32 Å². The minimum Gasteiger partial charge on any atom is -0.292 e. The van der Waals surface area contributed by atoms with Gasteiger partial charge in [0, 0.05) is 0 Å². The number of nitrogens with zero attached hydrogens (tertiary/aromatic N) is 1. The molecule has 0 aromatic carbocycles. The zero-order chi connectivity index (χ0) is 7.56. The molecule has 4 heteroatoms. The van der Waals surface area contributed by atoms with Crippen LogP contribution in [-0.4, -0.2) is 25.2 Å². The summed E-state index contributed by atoms with van der Waals surface area (Å²) in [5, 5.41) is 3.34. The Morgan fingerprint density at radius 2 is 2.30 bits per heavy atom. The number of alkyl halides is 2. The SMILES string of the molecule is O=C1C(CF)=[C][N]C1CF. The van der Waals surface area contributed by atoms with Crippen molar-refractivity contribution in [3.05, 3.63) is 11.8 Å². The first kappa shape index (κ1) is 7.18. The third-order valence-corrected chi connectivity index (χ3v) is 1.24. The number of hydrogen-bond acceptors (Lipinski definition) is 1. The van der Waals surface area contributed by atoms with Gasteiger partial charge in [-0.05, 0) is 0 Å². The Hall–Kier alpha value is -0.930. The minimum absolute atomic E-state index is 0.150. The van der Waals surface area contributed by atoms with E-state index in [0.717, 1.165) is 0 Å². The number of Topliss-reactive ketones (excluding diaryl/α,β-unsaturated/α-hetero) is 1. The summed E-state index contributed by atoms with van der Waals surface area (Å²) >= 11 is 0. The molecule has 0 aromatic heterocycles. The van der Waals surface area contributed by atoms with Crippen molar-refractivity contribution in [2.45, 2.75) is 6.04 Å². The van der Waals surface area contributed by atoms with Crippen molar-refractivity contribution in [3.63, 3.8) is 0 Å². The van der Waals surface area contributed by atoms with Crippen LogP contribution < -0.4 is 5.32 Å². The summed E-state index contributed by atoms with van der Waals surface area (Å²) in [7, 11) is 0. The average molecular weight is 145 g/mol. The van der Waals surface area contributed by atoms with Crippen LogP contribution in [0, 0.1) is 6.20 Å². The normalized spacial score (nSPS) is 24.4. The van der Waals surface area contributed by atoms with Gasteiger partial charge in [-0.25, -0.2) is 8.78 Å². The van der Waals surface area contributed by atoms with Crippen LogP contribution in [0.3, 0.4) is 0 Å². The number of rotatable bonds is 2. The second-order valence-corrected chi connectivity index (χ2v) is 1.89. The topological polar surface area (TPSA) is 31.2 Å². The van der Waals surface area contributed by atoms with E-state index >= 15 is 0 Å². The van der Waals surface area contributed by atoms with Crippen molar-refractivity contribution >= 4 is 5.78 Å².